The van der Waals surface area contributed by atoms with Crippen molar-refractivity contribution in [3.8, 4) is 11.3 Å². The molecular weight excluding hydrogens is 494 g/mol. The molecular formula is C29H35N7O3. The average Bonchev–Trinajstić information content (AvgIpc) is 3.28. The van der Waals surface area contributed by atoms with E-state index in [4.69, 9.17) is 15.6 Å². The lowest BCUT2D eigenvalue weighted by Gasteiger charge is -2.26. The minimum Gasteiger partial charge on any atom is -0.444 e. The molecule has 204 valence electrons. The molecule has 0 spiro atoms. The fourth-order valence-corrected chi connectivity index (χ4v) is 4.05. The van der Waals surface area contributed by atoms with Gasteiger partial charge in [0, 0.05) is 24.2 Å². The number of nitrogens with two attached hydrogens (primary N) is 1. The minimum atomic E-state index is -0.630. The van der Waals surface area contributed by atoms with Gasteiger partial charge >= 0.3 is 6.09 Å². The number of carbonyl (C=O) groups excluding carboxylic acids is 2. The van der Waals surface area contributed by atoms with Gasteiger partial charge < -0.3 is 21.1 Å². The van der Waals surface area contributed by atoms with Crippen molar-refractivity contribution in [2.45, 2.75) is 59.2 Å². The highest BCUT2D eigenvalue weighted by Gasteiger charge is 2.28. The van der Waals surface area contributed by atoms with Gasteiger partial charge in [0.1, 0.15) is 23.4 Å². The summed E-state index contributed by atoms with van der Waals surface area (Å²) in [6, 6.07) is 15.1. The number of carbonyl (C=O) groups is 2. The Labute approximate surface area is 228 Å². The van der Waals surface area contributed by atoms with Crippen molar-refractivity contribution in [1.29, 1.82) is 0 Å². The van der Waals surface area contributed by atoms with Gasteiger partial charge in [-0.15, -0.1) is 0 Å². The summed E-state index contributed by atoms with van der Waals surface area (Å²) in [4.78, 5) is 33.5. The maximum absolute atomic E-state index is 13.0. The van der Waals surface area contributed by atoms with Crippen molar-refractivity contribution in [3.05, 3.63) is 71.5 Å². The number of alkyl carbamates (subject to hydrolysis) is 1. The third kappa shape index (κ3) is 6.51. The summed E-state index contributed by atoms with van der Waals surface area (Å²) in [5, 5.41) is 11.3. The molecule has 2 amide bonds. The molecule has 39 heavy (non-hydrogen) atoms. The summed E-state index contributed by atoms with van der Waals surface area (Å²) in [6.07, 6.45) is 0.929. The first-order valence-corrected chi connectivity index (χ1v) is 12.7. The Kier molecular flexibility index (Phi) is 7.58. The van der Waals surface area contributed by atoms with Crippen molar-refractivity contribution >= 4 is 28.9 Å². The van der Waals surface area contributed by atoms with Gasteiger partial charge in [-0.05, 0) is 59.2 Å². The minimum absolute atomic E-state index is 0.223. The number of amides is 2. The van der Waals surface area contributed by atoms with Crippen LogP contribution >= 0.6 is 0 Å². The SMILES string of the molecule is Cc1ccc(-c2nn(C(C)(C)CNC(=O)c3ccc(CNC(=O)OC(C)(C)C)cc3)c3ncnc(N)c23)cc1. The van der Waals surface area contributed by atoms with Gasteiger partial charge in [0.15, 0.2) is 5.65 Å². The van der Waals surface area contributed by atoms with Gasteiger partial charge in [0.25, 0.3) is 5.91 Å². The number of hydrogen-bond donors (Lipinski definition) is 3. The lowest BCUT2D eigenvalue weighted by Crippen LogP contribution is -2.41. The van der Waals surface area contributed by atoms with Gasteiger partial charge in [0.05, 0.1) is 10.9 Å². The zero-order valence-corrected chi connectivity index (χ0v) is 23.2. The first-order chi connectivity index (χ1) is 18.3. The number of nitrogens with zero attached hydrogens (tertiary/aromatic N) is 4. The van der Waals surface area contributed by atoms with Crippen LogP contribution < -0.4 is 16.4 Å². The summed E-state index contributed by atoms with van der Waals surface area (Å²) < 4.78 is 7.04. The molecule has 0 atom stereocenters. The largest absolute Gasteiger partial charge is 0.444 e. The molecule has 0 saturated carbocycles. The monoisotopic (exact) mass is 529 g/mol. The molecule has 4 aromatic rings. The van der Waals surface area contributed by atoms with Gasteiger partial charge in [0.2, 0.25) is 0 Å². The maximum Gasteiger partial charge on any atom is 0.407 e. The summed E-state index contributed by atoms with van der Waals surface area (Å²) in [6.45, 7) is 12.0. The molecule has 2 aromatic carbocycles. The van der Waals surface area contributed by atoms with Gasteiger partial charge in [-0.2, -0.15) is 5.10 Å². The molecule has 0 aliphatic heterocycles. The van der Waals surface area contributed by atoms with Crippen LogP contribution in [0.5, 0.6) is 0 Å². The normalized spacial score (nSPS) is 11.8. The zero-order chi connectivity index (χ0) is 28.4. The second kappa shape index (κ2) is 10.7. The number of fused-ring (bicyclic) bond motifs is 1. The maximum atomic E-state index is 13.0. The Hall–Kier alpha value is -4.47. The van der Waals surface area contributed by atoms with Crippen molar-refractivity contribution in [2.24, 2.45) is 0 Å². The topological polar surface area (TPSA) is 137 Å². The zero-order valence-electron chi connectivity index (χ0n) is 23.2. The highest BCUT2D eigenvalue weighted by Crippen LogP contribution is 2.33. The number of anilines is 1. The molecule has 0 bridgehead atoms. The average molecular weight is 530 g/mol. The van der Waals surface area contributed by atoms with Crippen molar-refractivity contribution in [3.63, 3.8) is 0 Å². The van der Waals surface area contributed by atoms with E-state index in [-0.39, 0.29) is 5.91 Å². The third-order valence-electron chi connectivity index (χ3n) is 6.13. The van der Waals surface area contributed by atoms with Crippen molar-refractivity contribution in [2.75, 3.05) is 12.3 Å². The van der Waals surface area contributed by atoms with Crippen molar-refractivity contribution < 1.29 is 14.3 Å². The number of ether oxygens (including phenoxy) is 1. The lowest BCUT2D eigenvalue weighted by atomic mass is 10.1. The molecule has 2 aromatic heterocycles. The summed E-state index contributed by atoms with van der Waals surface area (Å²) >= 11 is 0. The second-order valence-corrected chi connectivity index (χ2v) is 11.1. The first kappa shape index (κ1) is 27.6. The first-order valence-electron chi connectivity index (χ1n) is 12.7. The number of hydrogen-bond acceptors (Lipinski definition) is 7. The van der Waals surface area contributed by atoms with Crippen LogP contribution in [0.1, 0.15) is 56.1 Å². The van der Waals surface area contributed by atoms with Gasteiger partial charge in [-0.1, -0.05) is 42.0 Å². The number of benzene rings is 2. The number of nitrogen functional groups attached to an aromatic ring is 1. The van der Waals surface area contributed by atoms with Crippen molar-refractivity contribution in [1.82, 2.24) is 30.4 Å². The fourth-order valence-electron chi connectivity index (χ4n) is 4.05. The van der Waals surface area contributed by atoms with Crippen LogP contribution in [0.3, 0.4) is 0 Å². The van der Waals surface area contributed by atoms with E-state index in [0.717, 1.165) is 16.7 Å². The number of nitrogens with one attached hydrogen (secondary N) is 2. The molecule has 2 heterocycles. The van der Waals surface area contributed by atoms with E-state index in [2.05, 4.69) is 20.6 Å². The van der Waals surface area contributed by atoms with Crippen LogP contribution in [0, 0.1) is 6.92 Å². The highest BCUT2D eigenvalue weighted by atomic mass is 16.6. The predicted octanol–water partition coefficient (Wildman–Crippen LogP) is 4.57. The van der Waals surface area contributed by atoms with Crippen LogP contribution in [0.2, 0.25) is 0 Å². The number of aromatic nitrogens is 4. The molecule has 4 N–H and O–H groups in total. The van der Waals surface area contributed by atoms with Crippen LogP contribution in [0.15, 0.2) is 54.9 Å². The molecule has 0 aliphatic carbocycles. The molecule has 0 aliphatic rings. The van der Waals surface area contributed by atoms with Gasteiger partial charge in [-0.25, -0.2) is 19.4 Å². The number of aryl methyl sites for hydroxylation is 1. The second-order valence-electron chi connectivity index (χ2n) is 11.1. The molecule has 0 unspecified atom stereocenters. The molecule has 0 saturated heterocycles. The molecule has 10 heteroatoms. The molecule has 4 rings (SSSR count). The fraction of sp³-hybridized carbons (Fsp3) is 0.345. The van der Waals surface area contributed by atoms with Crippen LogP contribution in [0.4, 0.5) is 10.6 Å². The van der Waals surface area contributed by atoms with E-state index in [1.54, 1.807) is 28.9 Å². The van der Waals surface area contributed by atoms with E-state index in [1.165, 1.54) is 6.33 Å². The summed E-state index contributed by atoms with van der Waals surface area (Å²) in [7, 11) is 0. The lowest BCUT2D eigenvalue weighted by molar-refractivity contribution is 0.0523. The Morgan fingerprint density at radius 1 is 0.949 bits per heavy atom. The Morgan fingerprint density at radius 3 is 2.26 bits per heavy atom. The Bertz CT molecular complexity index is 1480. The third-order valence-corrected chi connectivity index (χ3v) is 6.13. The van der Waals surface area contributed by atoms with Crippen LogP contribution in [-0.2, 0) is 16.8 Å². The van der Waals surface area contributed by atoms with Crippen LogP contribution in [0.25, 0.3) is 22.3 Å². The predicted molar refractivity (Wildman–Crippen MR) is 151 cm³/mol. The Balaban J connectivity index is 1.47. The van der Waals surface area contributed by atoms with E-state index >= 15 is 0 Å². The smallest absolute Gasteiger partial charge is 0.407 e. The highest BCUT2D eigenvalue weighted by molar-refractivity contribution is 5.98. The molecule has 10 nitrogen and oxygen atoms in total. The van der Waals surface area contributed by atoms with Gasteiger partial charge in [-0.3, -0.25) is 4.79 Å². The van der Waals surface area contributed by atoms with E-state index in [1.807, 2.05) is 65.8 Å². The molecule has 0 radical (unpaired) electrons. The van der Waals surface area contributed by atoms with Crippen LogP contribution in [-0.4, -0.2) is 43.9 Å². The quantitative estimate of drug-likeness (QED) is 0.319. The standard InChI is InChI=1S/C29H35N7O3/c1-18-7-11-20(12-8-18)23-22-24(30)33-17-34-25(22)36(35-23)29(5,6)16-32-26(37)21-13-9-19(10-14-21)15-31-27(38)39-28(2,3)4/h7-14,17H,15-16H2,1-6H3,(H,31,38)(H,32,37)(H2,30,33,34). The Morgan fingerprint density at radius 2 is 1.62 bits per heavy atom. The summed E-state index contributed by atoms with van der Waals surface area (Å²) in [5.41, 5.74) is 9.75. The van der Waals surface area contributed by atoms with E-state index in [0.29, 0.717) is 41.2 Å². The number of rotatable bonds is 7. The van der Waals surface area contributed by atoms with E-state index < -0.39 is 17.2 Å². The molecule has 0 fully saturated rings. The summed E-state index contributed by atoms with van der Waals surface area (Å²) in [5.74, 6) is 0.127. The van der Waals surface area contributed by atoms with E-state index in [9.17, 15) is 9.59 Å².